The van der Waals surface area contributed by atoms with Crippen LogP contribution < -0.4 is 16.0 Å². The molecule has 29 heavy (non-hydrogen) atoms. The SMILES string of the molecule is C[C@H]1CN(Cc2csc(NC(=O)CCNC(=O)NC3CCCCC3)n2)C[C@H](C)O1. The molecule has 0 bridgehead atoms. The normalized spacial score (nSPS) is 23.5. The first-order chi connectivity index (χ1) is 14.0. The maximum atomic E-state index is 12.1. The predicted molar refractivity (Wildman–Crippen MR) is 114 cm³/mol. The molecule has 0 radical (unpaired) electrons. The van der Waals surface area contributed by atoms with Gasteiger partial charge in [0.1, 0.15) is 0 Å². The number of nitrogens with zero attached hydrogens (tertiary/aromatic N) is 2. The topological polar surface area (TPSA) is 95.6 Å². The average Bonchev–Trinajstić information content (AvgIpc) is 3.08. The molecule has 2 heterocycles. The van der Waals surface area contributed by atoms with Crippen molar-refractivity contribution in [1.29, 1.82) is 0 Å². The summed E-state index contributed by atoms with van der Waals surface area (Å²) in [6.45, 7) is 7.01. The van der Waals surface area contributed by atoms with E-state index >= 15 is 0 Å². The molecule has 8 nitrogen and oxygen atoms in total. The lowest BCUT2D eigenvalue weighted by molar-refractivity contribution is -0.116. The zero-order valence-electron chi connectivity index (χ0n) is 17.4. The van der Waals surface area contributed by atoms with Crippen molar-refractivity contribution in [1.82, 2.24) is 20.5 Å². The van der Waals surface area contributed by atoms with E-state index in [9.17, 15) is 9.59 Å². The monoisotopic (exact) mass is 423 g/mol. The van der Waals surface area contributed by atoms with E-state index in [1.54, 1.807) is 0 Å². The van der Waals surface area contributed by atoms with Crippen molar-refractivity contribution in [3.8, 4) is 0 Å². The van der Waals surface area contributed by atoms with Gasteiger partial charge in [0.05, 0.1) is 17.9 Å². The van der Waals surface area contributed by atoms with Gasteiger partial charge in [-0.3, -0.25) is 9.69 Å². The number of nitrogens with one attached hydrogen (secondary N) is 3. The second kappa shape index (κ2) is 10.9. The molecular weight excluding hydrogens is 390 g/mol. The lowest BCUT2D eigenvalue weighted by Gasteiger charge is -2.34. The lowest BCUT2D eigenvalue weighted by Crippen LogP contribution is -2.44. The molecule has 9 heteroatoms. The molecule has 3 N–H and O–H groups in total. The Morgan fingerprint density at radius 1 is 1.21 bits per heavy atom. The van der Waals surface area contributed by atoms with E-state index in [0.29, 0.717) is 11.7 Å². The van der Waals surface area contributed by atoms with E-state index < -0.39 is 0 Å². The Hall–Kier alpha value is -1.71. The second-order valence-electron chi connectivity index (χ2n) is 8.13. The van der Waals surface area contributed by atoms with Crippen LogP contribution in [0.5, 0.6) is 0 Å². The van der Waals surface area contributed by atoms with Crippen LogP contribution in [-0.4, -0.2) is 59.7 Å². The Morgan fingerprint density at radius 2 is 1.93 bits per heavy atom. The molecule has 0 spiro atoms. The van der Waals surface area contributed by atoms with Crippen LogP contribution >= 0.6 is 11.3 Å². The fourth-order valence-corrected chi connectivity index (χ4v) is 4.75. The van der Waals surface area contributed by atoms with E-state index in [1.165, 1.54) is 30.6 Å². The van der Waals surface area contributed by atoms with Crippen molar-refractivity contribution in [2.75, 3.05) is 25.0 Å². The van der Waals surface area contributed by atoms with E-state index in [-0.39, 0.29) is 36.6 Å². The molecule has 2 atom stereocenters. The predicted octanol–water partition coefficient (Wildman–Crippen LogP) is 2.71. The molecule has 1 saturated carbocycles. The number of hydrogen-bond acceptors (Lipinski definition) is 6. The number of carbonyl (C=O) groups excluding carboxylic acids is 2. The van der Waals surface area contributed by atoms with Crippen LogP contribution in [0.1, 0.15) is 58.1 Å². The third-order valence-corrected chi connectivity index (χ3v) is 6.06. The molecule has 1 saturated heterocycles. The minimum Gasteiger partial charge on any atom is -0.373 e. The van der Waals surface area contributed by atoms with E-state index in [1.807, 2.05) is 5.38 Å². The first kappa shape index (κ1) is 22.0. The van der Waals surface area contributed by atoms with Gasteiger partial charge in [-0.25, -0.2) is 9.78 Å². The molecule has 1 aliphatic carbocycles. The van der Waals surface area contributed by atoms with Crippen molar-refractivity contribution < 1.29 is 14.3 Å². The molecule has 1 aromatic rings. The largest absolute Gasteiger partial charge is 0.373 e. The number of hydrogen-bond donors (Lipinski definition) is 3. The number of ether oxygens (including phenoxy) is 1. The van der Waals surface area contributed by atoms with Crippen molar-refractivity contribution in [3.63, 3.8) is 0 Å². The van der Waals surface area contributed by atoms with Crippen LogP contribution in [0.15, 0.2) is 5.38 Å². The van der Waals surface area contributed by atoms with Crippen LogP contribution in [-0.2, 0) is 16.1 Å². The number of rotatable bonds is 7. The van der Waals surface area contributed by atoms with Gasteiger partial charge in [-0.15, -0.1) is 11.3 Å². The van der Waals surface area contributed by atoms with Crippen LogP contribution in [0.2, 0.25) is 0 Å². The summed E-state index contributed by atoms with van der Waals surface area (Å²) < 4.78 is 5.76. The number of amides is 3. The van der Waals surface area contributed by atoms with Gasteiger partial charge >= 0.3 is 6.03 Å². The summed E-state index contributed by atoms with van der Waals surface area (Å²) in [7, 11) is 0. The smallest absolute Gasteiger partial charge is 0.315 e. The van der Waals surface area contributed by atoms with Crippen LogP contribution in [0, 0.1) is 0 Å². The molecular formula is C20H33N5O3S. The number of aromatic nitrogens is 1. The molecule has 2 fully saturated rings. The van der Waals surface area contributed by atoms with Gasteiger partial charge in [0.15, 0.2) is 5.13 Å². The summed E-state index contributed by atoms with van der Waals surface area (Å²) in [5.41, 5.74) is 0.955. The van der Waals surface area contributed by atoms with Gasteiger partial charge in [0.25, 0.3) is 0 Å². The van der Waals surface area contributed by atoms with E-state index in [2.05, 4.69) is 39.7 Å². The van der Waals surface area contributed by atoms with Gasteiger partial charge in [-0.2, -0.15) is 0 Å². The molecule has 0 aromatic carbocycles. The quantitative estimate of drug-likeness (QED) is 0.627. The fraction of sp³-hybridized carbons (Fsp3) is 0.750. The van der Waals surface area contributed by atoms with Crippen LogP contribution in [0.25, 0.3) is 0 Å². The van der Waals surface area contributed by atoms with Crippen molar-refractivity contribution >= 4 is 28.4 Å². The Labute approximate surface area is 176 Å². The highest BCUT2D eigenvalue weighted by Gasteiger charge is 2.23. The number of anilines is 1. The highest BCUT2D eigenvalue weighted by Crippen LogP contribution is 2.19. The van der Waals surface area contributed by atoms with Gasteiger partial charge in [-0.1, -0.05) is 19.3 Å². The molecule has 1 aromatic heterocycles. The van der Waals surface area contributed by atoms with Gasteiger partial charge in [-0.05, 0) is 26.7 Å². The average molecular weight is 424 g/mol. The molecule has 0 unspecified atom stereocenters. The summed E-state index contributed by atoms with van der Waals surface area (Å²) in [4.78, 5) is 30.9. The zero-order chi connectivity index (χ0) is 20.6. The van der Waals surface area contributed by atoms with E-state index in [0.717, 1.165) is 38.2 Å². The summed E-state index contributed by atoms with van der Waals surface area (Å²) in [5, 5.41) is 11.2. The Morgan fingerprint density at radius 3 is 2.66 bits per heavy atom. The molecule has 3 amide bonds. The Bertz CT molecular complexity index is 667. The molecule has 3 rings (SSSR count). The maximum absolute atomic E-state index is 12.1. The zero-order valence-corrected chi connectivity index (χ0v) is 18.2. The maximum Gasteiger partial charge on any atom is 0.315 e. The molecule has 1 aliphatic heterocycles. The highest BCUT2D eigenvalue weighted by molar-refractivity contribution is 7.13. The Kier molecular flexibility index (Phi) is 8.26. The van der Waals surface area contributed by atoms with Gasteiger partial charge in [0.2, 0.25) is 5.91 Å². The van der Waals surface area contributed by atoms with Gasteiger partial charge in [0, 0.05) is 44.0 Å². The highest BCUT2D eigenvalue weighted by atomic mass is 32.1. The van der Waals surface area contributed by atoms with Gasteiger partial charge < -0.3 is 20.7 Å². The first-order valence-electron chi connectivity index (χ1n) is 10.6. The second-order valence-corrected chi connectivity index (χ2v) is 8.99. The Balaban J connectivity index is 1.33. The fourth-order valence-electron chi connectivity index (χ4n) is 4.03. The van der Waals surface area contributed by atoms with Crippen molar-refractivity contribution in [3.05, 3.63) is 11.1 Å². The summed E-state index contributed by atoms with van der Waals surface area (Å²) in [6, 6.07) is 0.0824. The third-order valence-electron chi connectivity index (χ3n) is 5.26. The van der Waals surface area contributed by atoms with Crippen molar-refractivity contribution in [2.24, 2.45) is 0 Å². The third kappa shape index (κ3) is 7.56. The lowest BCUT2D eigenvalue weighted by atomic mass is 9.96. The summed E-state index contributed by atoms with van der Waals surface area (Å²) >= 11 is 1.43. The first-order valence-corrected chi connectivity index (χ1v) is 11.5. The minimum absolute atomic E-state index is 0.141. The van der Waals surface area contributed by atoms with E-state index in [4.69, 9.17) is 4.74 Å². The van der Waals surface area contributed by atoms with Crippen molar-refractivity contribution in [2.45, 2.75) is 77.2 Å². The van der Waals surface area contributed by atoms with Crippen LogP contribution in [0.4, 0.5) is 9.93 Å². The molecule has 162 valence electrons. The number of carbonyl (C=O) groups is 2. The van der Waals surface area contributed by atoms with Crippen LogP contribution in [0.3, 0.4) is 0 Å². The number of morpholine rings is 1. The summed E-state index contributed by atoms with van der Waals surface area (Å²) in [5.74, 6) is -0.141. The standard InChI is InChI=1S/C20H33N5O3S/c1-14-10-25(11-15(2)28-14)12-17-13-29-20(23-17)24-18(26)8-9-21-19(27)22-16-6-4-3-5-7-16/h13-16H,3-12H2,1-2H3,(H2,21,22,27)(H,23,24,26)/t14-,15-/m0/s1. The minimum atomic E-state index is -0.185. The number of thiazole rings is 1. The molecule has 2 aliphatic rings. The summed E-state index contributed by atoms with van der Waals surface area (Å²) in [6.07, 6.45) is 6.36. The number of urea groups is 1.